The van der Waals surface area contributed by atoms with Crippen molar-refractivity contribution >= 4 is 18.0 Å². The molecule has 26 heavy (non-hydrogen) atoms. The molecule has 0 atom stereocenters. The van der Waals surface area contributed by atoms with Gasteiger partial charge in [-0.2, -0.15) is 0 Å². The first kappa shape index (κ1) is 19.1. The summed E-state index contributed by atoms with van der Waals surface area (Å²) in [5.41, 5.74) is 1.69. The van der Waals surface area contributed by atoms with Crippen LogP contribution in [0.15, 0.2) is 54.6 Å². The van der Waals surface area contributed by atoms with Crippen LogP contribution in [-0.4, -0.2) is 32.7 Å². The lowest BCUT2D eigenvalue weighted by Crippen LogP contribution is -2.28. The minimum atomic E-state index is -0.593. The minimum absolute atomic E-state index is 0.327. The minimum Gasteiger partial charge on any atom is -0.497 e. The van der Waals surface area contributed by atoms with Gasteiger partial charge < -0.3 is 19.5 Å². The van der Waals surface area contributed by atoms with Crippen molar-refractivity contribution in [1.29, 1.82) is 0 Å². The fraction of sp³-hybridized carbons (Fsp3) is 0.200. The van der Waals surface area contributed by atoms with E-state index in [4.69, 9.17) is 14.2 Å². The largest absolute Gasteiger partial charge is 0.497 e. The highest BCUT2D eigenvalue weighted by molar-refractivity contribution is 5.89. The number of hydrogen-bond donors (Lipinski definition) is 1. The highest BCUT2D eigenvalue weighted by atomic mass is 16.5. The molecular formula is C20H21NO5. The van der Waals surface area contributed by atoms with Crippen LogP contribution >= 0.6 is 0 Å². The third-order valence-electron chi connectivity index (χ3n) is 3.48. The Hall–Kier alpha value is -3.28. The maximum absolute atomic E-state index is 11.8. The van der Waals surface area contributed by atoms with E-state index in [0.717, 1.165) is 11.1 Å². The number of rotatable bonds is 8. The Morgan fingerprint density at radius 1 is 1.00 bits per heavy atom. The van der Waals surface area contributed by atoms with Gasteiger partial charge in [0, 0.05) is 12.6 Å². The first-order chi connectivity index (χ1) is 12.6. The number of ether oxygens (including phenoxy) is 3. The molecule has 0 spiro atoms. The van der Waals surface area contributed by atoms with E-state index in [1.165, 1.54) is 6.08 Å². The first-order valence-electron chi connectivity index (χ1n) is 7.99. The number of benzene rings is 2. The summed E-state index contributed by atoms with van der Waals surface area (Å²) in [7, 11) is 3.15. The summed E-state index contributed by atoms with van der Waals surface area (Å²) in [6, 6.07) is 14.6. The van der Waals surface area contributed by atoms with E-state index in [1.54, 1.807) is 26.4 Å². The van der Waals surface area contributed by atoms with Crippen LogP contribution in [0.3, 0.4) is 0 Å². The standard InChI is InChI=1S/C20H21NO5/c1-24-17-7-3-5-15(11-17)9-10-20(23)26-14-19(22)21-13-16-6-4-8-18(12-16)25-2/h3-12H,13-14H2,1-2H3,(H,21,22). The zero-order valence-corrected chi connectivity index (χ0v) is 14.7. The van der Waals surface area contributed by atoms with Crippen molar-refractivity contribution in [3.8, 4) is 11.5 Å². The topological polar surface area (TPSA) is 73.9 Å². The van der Waals surface area contributed by atoms with Gasteiger partial charge in [0.05, 0.1) is 14.2 Å². The second-order valence-corrected chi connectivity index (χ2v) is 5.35. The van der Waals surface area contributed by atoms with Crippen LogP contribution < -0.4 is 14.8 Å². The zero-order chi connectivity index (χ0) is 18.8. The Labute approximate surface area is 152 Å². The lowest BCUT2D eigenvalue weighted by Gasteiger charge is -2.07. The number of carbonyl (C=O) groups excluding carboxylic acids is 2. The first-order valence-corrected chi connectivity index (χ1v) is 7.99. The number of carbonyl (C=O) groups is 2. The van der Waals surface area contributed by atoms with E-state index in [0.29, 0.717) is 18.0 Å². The van der Waals surface area contributed by atoms with Crippen LogP contribution in [0.4, 0.5) is 0 Å². The van der Waals surface area contributed by atoms with Crippen molar-refractivity contribution in [1.82, 2.24) is 5.32 Å². The third kappa shape index (κ3) is 6.32. The van der Waals surface area contributed by atoms with Gasteiger partial charge in [0.25, 0.3) is 5.91 Å². The van der Waals surface area contributed by atoms with E-state index in [2.05, 4.69) is 5.32 Å². The Bertz CT molecular complexity index is 785. The highest BCUT2D eigenvalue weighted by Gasteiger charge is 2.05. The molecule has 0 unspecified atom stereocenters. The van der Waals surface area contributed by atoms with Crippen LogP contribution in [0, 0.1) is 0 Å². The molecule has 6 nitrogen and oxygen atoms in total. The Kier molecular flexibility index (Phi) is 7.24. The molecule has 2 aromatic carbocycles. The zero-order valence-electron chi connectivity index (χ0n) is 14.7. The van der Waals surface area contributed by atoms with Crippen LogP contribution in [0.1, 0.15) is 11.1 Å². The maximum Gasteiger partial charge on any atom is 0.331 e. The summed E-state index contributed by atoms with van der Waals surface area (Å²) in [5, 5.41) is 2.68. The molecule has 0 aliphatic heterocycles. The SMILES string of the molecule is COc1cccc(C=CC(=O)OCC(=O)NCc2cccc(OC)c2)c1. The maximum atomic E-state index is 11.8. The van der Waals surface area contributed by atoms with Gasteiger partial charge in [-0.25, -0.2) is 4.79 Å². The molecule has 136 valence electrons. The fourth-order valence-electron chi connectivity index (χ4n) is 2.13. The Morgan fingerprint density at radius 2 is 1.69 bits per heavy atom. The van der Waals surface area contributed by atoms with E-state index < -0.39 is 5.97 Å². The molecule has 0 fully saturated rings. The smallest absolute Gasteiger partial charge is 0.331 e. The van der Waals surface area contributed by atoms with Gasteiger partial charge in [-0.1, -0.05) is 24.3 Å². The van der Waals surface area contributed by atoms with E-state index in [1.807, 2.05) is 42.5 Å². The molecule has 1 N–H and O–H groups in total. The van der Waals surface area contributed by atoms with Crippen molar-refractivity contribution < 1.29 is 23.8 Å². The number of esters is 1. The molecule has 0 aliphatic carbocycles. The quantitative estimate of drug-likeness (QED) is 0.582. The monoisotopic (exact) mass is 355 g/mol. The fourth-order valence-corrected chi connectivity index (χ4v) is 2.13. The summed E-state index contributed by atoms with van der Waals surface area (Å²) in [4.78, 5) is 23.5. The van der Waals surface area contributed by atoms with E-state index >= 15 is 0 Å². The Balaban J connectivity index is 1.75. The molecule has 2 aromatic rings. The molecule has 0 saturated heterocycles. The molecule has 2 rings (SSSR count). The van der Waals surface area contributed by atoms with Crippen molar-refractivity contribution in [2.45, 2.75) is 6.54 Å². The second kappa shape index (κ2) is 9.88. The highest BCUT2D eigenvalue weighted by Crippen LogP contribution is 2.14. The van der Waals surface area contributed by atoms with Gasteiger partial charge in [0.1, 0.15) is 11.5 Å². The molecule has 0 heterocycles. The summed E-state index contributed by atoms with van der Waals surface area (Å²) in [6.45, 7) is -0.0154. The summed E-state index contributed by atoms with van der Waals surface area (Å²) < 4.78 is 15.2. The van der Waals surface area contributed by atoms with Crippen molar-refractivity contribution in [3.05, 3.63) is 65.7 Å². The molecule has 0 aliphatic rings. The van der Waals surface area contributed by atoms with Crippen molar-refractivity contribution in [3.63, 3.8) is 0 Å². The van der Waals surface area contributed by atoms with Gasteiger partial charge in [-0.05, 0) is 41.5 Å². The lowest BCUT2D eigenvalue weighted by atomic mass is 10.2. The number of methoxy groups -OCH3 is 2. The number of nitrogens with one attached hydrogen (secondary N) is 1. The molecule has 0 aromatic heterocycles. The summed E-state index contributed by atoms with van der Waals surface area (Å²) in [5.74, 6) is 0.434. The molecule has 1 amide bonds. The third-order valence-corrected chi connectivity index (χ3v) is 3.48. The van der Waals surface area contributed by atoms with Crippen molar-refractivity contribution in [2.24, 2.45) is 0 Å². The van der Waals surface area contributed by atoms with Gasteiger partial charge in [-0.3, -0.25) is 4.79 Å². The average molecular weight is 355 g/mol. The van der Waals surface area contributed by atoms with Gasteiger partial charge in [0.2, 0.25) is 0 Å². The normalized spacial score (nSPS) is 10.4. The molecule has 0 radical (unpaired) electrons. The Morgan fingerprint density at radius 3 is 2.42 bits per heavy atom. The molecular weight excluding hydrogens is 334 g/mol. The summed E-state index contributed by atoms with van der Waals surface area (Å²) in [6.07, 6.45) is 2.86. The van der Waals surface area contributed by atoms with Crippen molar-refractivity contribution in [2.75, 3.05) is 20.8 Å². The molecule has 6 heteroatoms. The number of amides is 1. The van der Waals surface area contributed by atoms with E-state index in [9.17, 15) is 9.59 Å². The van der Waals surface area contributed by atoms with Crippen LogP contribution in [0.2, 0.25) is 0 Å². The van der Waals surface area contributed by atoms with Gasteiger partial charge >= 0.3 is 5.97 Å². The van der Waals surface area contributed by atoms with Gasteiger partial charge in [0.15, 0.2) is 6.61 Å². The van der Waals surface area contributed by atoms with Crippen LogP contribution in [0.5, 0.6) is 11.5 Å². The van der Waals surface area contributed by atoms with Crippen LogP contribution in [-0.2, 0) is 20.9 Å². The van der Waals surface area contributed by atoms with E-state index in [-0.39, 0.29) is 12.5 Å². The lowest BCUT2D eigenvalue weighted by molar-refractivity contribution is -0.143. The van der Waals surface area contributed by atoms with Crippen LogP contribution in [0.25, 0.3) is 6.08 Å². The molecule has 0 bridgehead atoms. The number of hydrogen-bond acceptors (Lipinski definition) is 5. The summed E-state index contributed by atoms with van der Waals surface area (Å²) >= 11 is 0. The molecule has 0 saturated carbocycles. The predicted octanol–water partition coefficient (Wildman–Crippen LogP) is 2.58. The second-order valence-electron chi connectivity index (χ2n) is 5.35. The average Bonchev–Trinajstić information content (AvgIpc) is 2.69. The predicted molar refractivity (Wildman–Crippen MR) is 97.8 cm³/mol. The van der Waals surface area contributed by atoms with Gasteiger partial charge in [-0.15, -0.1) is 0 Å².